The Morgan fingerprint density at radius 2 is 2.15 bits per heavy atom. The average Bonchev–Trinajstić information content (AvgIpc) is 2.87. The Labute approximate surface area is 119 Å². The molecule has 2 aromatic rings. The molecule has 1 aromatic carbocycles. The van der Waals surface area contributed by atoms with E-state index in [0.29, 0.717) is 13.0 Å². The summed E-state index contributed by atoms with van der Waals surface area (Å²) in [6, 6.07) is 7.84. The summed E-state index contributed by atoms with van der Waals surface area (Å²) in [6.07, 6.45) is 3.61. The van der Waals surface area contributed by atoms with Gasteiger partial charge in [0, 0.05) is 23.5 Å². The highest BCUT2D eigenvalue weighted by Gasteiger charge is 2.20. The Hall–Kier alpha value is -1.81. The van der Waals surface area contributed by atoms with Crippen molar-refractivity contribution in [2.75, 3.05) is 13.2 Å². The SMILES string of the molecule is CCCNC(Cc1c[nH]c2ccccc12)C(=O)OCC. The van der Waals surface area contributed by atoms with E-state index in [2.05, 4.69) is 23.3 Å². The molecule has 2 N–H and O–H groups in total. The second-order valence-electron chi connectivity index (χ2n) is 4.82. The summed E-state index contributed by atoms with van der Waals surface area (Å²) < 4.78 is 5.15. The normalized spacial score (nSPS) is 12.5. The second kappa shape index (κ2) is 7.10. The number of H-pyrrole nitrogens is 1. The fourth-order valence-corrected chi connectivity index (χ4v) is 2.32. The number of esters is 1. The fourth-order valence-electron chi connectivity index (χ4n) is 2.32. The maximum atomic E-state index is 12.0. The van der Waals surface area contributed by atoms with Gasteiger partial charge in [-0.1, -0.05) is 25.1 Å². The van der Waals surface area contributed by atoms with Gasteiger partial charge in [0.25, 0.3) is 0 Å². The molecule has 1 heterocycles. The number of fused-ring (bicyclic) bond motifs is 1. The highest BCUT2D eigenvalue weighted by molar-refractivity contribution is 5.84. The van der Waals surface area contributed by atoms with E-state index in [1.807, 2.05) is 31.3 Å². The highest BCUT2D eigenvalue weighted by Crippen LogP contribution is 2.19. The molecular formula is C16H22N2O2. The van der Waals surface area contributed by atoms with Crippen molar-refractivity contribution in [2.45, 2.75) is 32.7 Å². The number of benzene rings is 1. The van der Waals surface area contributed by atoms with Crippen molar-refractivity contribution in [3.8, 4) is 0 Å². The van der Waals surface area contributed by atoms with Gasteiger partial charge in [-0.3, -0.25) is 4.79 Å². The number of rotatable bonds is 7. The molecule has 0 bridgehead atoms. The summed E-state index contributed by atoms with van der Waals surface area (Å²) >= 11 is 0. The first-order chi connectivity index (χ1) is 9.76. The maximum Gasteiger partial charge on any atom is 0.323 e. The Kier molecular flexibility index (Phi) is 5.18. The zero-order valence-electron chi connectivity index (χ0n) is 12.1. The first-order valence-corrected chi connectivity index (χ1v) is 7.21. The van der Waals surface area contributed by atoms with E-state index >= 15 is 0 Å². The third kappa shape index (κ3) is 3.39. The van der Waals surface area contributed by atoms with Crippen molar-refractivity contribution in [1.82, 2.24) is 10.3 Å². The topological polar surface area (TPSA) is 54.1 Å². The number of hydrogen-bond donors (Lipinski definition) is 2. The first kappa shape index (κ1) is 14.6. The van der Waals surface area contributed by atoms with Gasteiger partial charge in [0.2, 0.25) is 0 Å². The van der Waals surface area contributed by atoms with Crippen molar-refractivity contribution >= 4 is 16.9 Å². The van der Waals surface area contributed by atoms with Crippen molar-refractivity contribution in [1.29, 1.82) is 0 Å². The van der Waals surface area contributed by atoms with Gasteiger partial charge < -0.3 is 15.0 Å². The molecular weight excluding hydrogens is 252 g/mol. The minimum atomic E-state index is -0.283. The maximum absolute atomic E-state index is 12.0. The Bertz CT molecular complexity index is 562. The molecule has 0 radical (unpaired) electrons. The van der Waals surface area contributed by atoms with Gasteiger partial charge in [-0.15, -0.1) is 0 Å². The van der Waals surface area contributed by atoms with E-state index in [1.165, 1.54) is 5.39 Å². The number of para-hydroxylation sites is 1. The zero-order chi connectivity index (χ0) is 14.4. The molecule has 0 amide bonds. The molecule has 0 aliphatic heterocycles. The third-order valence-electron chi connectivity index (χ3n) is 3.31. The summed E-state index contributed by atoms with van der Waals surface area (Å²) in [5, 5.41) is 4.44. The molecule has 4 nitrogen and oxygen atoms in total. The highest BCUT2D eigenvalue weighted by atomic mass is 16.5. The van der Waals surface area contributed by atoms with Crippen LogP contribution in [0, 0.1) is 0 Å². The van der Waals surface area contributed by atoms with Crippen LogP contribution in [0.5, 0.6) is 0 Å². The van der Waals surface area contributed by atoms with E-state index < -0.39 is 0 Å². The largest absolute Gasteiger partial charge is 0.465 e. The van der Waals surface area contributed by atoms with Crippen LogP contribution in [0.2, 0.25) is 0 Å². The molecule has 0 fully saturated rings. The summed E-state index contributed by atoms with van der Waals surface area (Å²) in [5.41, 5.74) is 2.24. The summed E-state index contributed by atoms with van der Waals surface area (Å²) in [5.74, 6) is -0.175. The lowest BCUT2D eigenvalue weighted by Crippen LogP contribution is -2.40. The monoisotopic (exact) mass is 274 g/mol. The smallest absolute Gasteiger partial charge is 0.323 e. The third-order valence-corrected chi connectivity index (χ3v) is 3.31. The summed E-state index contributed by atoms with van der Waals surface area (Å²) in [7, 11) is 0. The Morgan fingerprint density at radius 3 is 2.90 bits per heavy atom. The fraction of sp³-hybridized carbons (Fsp3) is 0.438. The van der Waals surface area contributed by atoms with Crippen LogP contribution in [0.1, 0.15) is 25.8 Å². The lowest BCUT2D eigenvalue weighted by Gasteiger charge is -2.16. The number of ether oxygens (including phenoxy) is 1. The van der Waals surface area contributed by atoms with Gasteiger partial charge in [0.05, 0.1) is 6.61 Å². The zero-order valence-corrected chi connectivity index (χ0v) is 12.1. The standard InChI is InChI=1S/C16H22N2O2/c1-3-9-17-15(16(19)20-4-2)10-12-11-18-14-8-6-5-7-13(12)14/h5-8,11,15,17-18H,3-4,9-10H2,1-2H3. The van der Waals surface area contributed by atoms with Crippen molar-refractivity contribution in [3.05, 3.63) is 36.0 Å². The van der Waals surface area contributed by atoms with E-state index in [9.17, 15) is 4.79 Å². The molecule has 1 atom stereocenters. The van der Waals surface area contributed by atoms with E-state index in [4.69, 9.17) is 4.74 Å². The molecule has 0 aliphatic rings. The van der Waals surface area contributed by atoms with Crippen LogP contribution < -0.4 is 5.32 Å². The number of hydrogen-bond acceptors (Lipinski definition) is 3. The minimum absolute atomic E-state index is 0.175. The number of aromatic amines is 1. The molecule has 0 spiro atoms. The Balaban J connectivity index is 2.15. The lowest BCUT2D eigenvalue weighted by molar-refractivity contribution is -0.145. The van der Waals surface area contributed by atoms with Gasteiger partial charge >= 0.3 is 5.97 Å². The van der Waals surface area contributed by atoms with Gasteiger partial charge in [0.15, 0.2) is 0 Å². The predicted octanol–water partition coefficient (Wildman–Crippen LogP) is 2.64. The number of aromatic nitrogens is 1. The van der Waals surface area contributed by atoms with Crippen LogP contribution >= 0.6 is 0 Å². The van der Waals surface area contributed by atoms with E-state index in [0.717, 1.165) is 24.0 Å². The van der Waals surface area contributed by atoms with Crippen LogP contribution in [-0.2, 0) is 16.0 Å². The molecule has 0 saturated heterocycles. The average molecular weight is 274 g/mol. The molecule has 1 aromatic heterocycles. The Morgan fingerprint density at radius 1 is 1.35 bits per heavy atom. The van der Waals surface area contributed by atoms with Gasteiger partial charge in [-0.25, -0.2) is 0 Å². The second-order valence-corrected chi connectivity index (χ2v) is 4.82. The molecule has 20 heavy (non-hydrogen) atoms. The number of carbonyl (C=O) groups excluding carboxylic acids is 1. The summed E-state index contributed by atoms with van der Waals surface area (Å²) in [6.45, 7) is 5.14. The van der Waals surface area contributed by atoms with Crippen molar-refractivity contribution < 1.29 is 9.53 Å². The summed E-state index contributed by atoms with van der Waals surface area (Å²) in [4.78, 5) is 15.3. The van der Waals surface area contributed by atoms with Crippen LogP contribution in [0.15, 0.2) is 30.5 Å². The molecule has 0 aliphatic carbocycles. The van der Waals surface area contributed by atoms with Gasteiger partial charge in [-0.05, 0) is 31.5 Å². The number of nitrogens with one attached hydrogen (secondary N) is 2. The number of carbonyl (C=O) groups is 1. The van der Waals surface area contributed by atoms with Crippen molar-refractivity contribution in [3.63, 3.8) is 0 Å². The molecule has 4 heteroatoms. The van der Waals surface area contributed by atoms with Gasteiger partial charge in [0.1, 0.15) is 6.04 Å². The molecule has 1 unspecified atom stereocenters. The van der Waals surface area contributed by atoms with Crippen LogP contribution in [0.25, 0.3) is 10.9 Å². The predicted molar refractivity (Wildman–Crippen MR) is 80.7 cm³/mol. The quantitative estimate of drug-likeness (QED) is 0.763. The van der Waals surface area contributed by atoms with E-state index in [-0.39, 0.29) is 12.0 Å². The molecule has 108 valence electrons. The van der Waals surface area contributed by atoms with Crippen LogP contribution in [0.4, 0.5) is 0 Å². The molecule has 2 rings (SSSR count). The van der Waals surface area contributed by atoms with Crippen LogP contribution in [0.3, 0.4) is 0 Å². The van der Waals surface area contributed by atoms with Crippen LogP contribution in [-0.4, -0.2) is 30.1 Å². The molecule has 0 saturated carbocycles. The minimum Gasteiger partial charge on any atom is -0.465 e. The first-order valence-electron chi connectivity index (χ1n) is 7.21. The van der Waals surface area contributed by atoms with E-state index in [1.54, 1.807) is 0 Å². The lowest BCUT2D eigenvalue weighted by atomic mass is 10.0. The van der Waals surface area contributed by atoms with Gasteiger partial charge in [-0.2, -0.15) is 0 Å². The van der Waals surface area contributed by atoms with Crippen molar-refractivity contribution in [2.24, 2.45) is 0 Å².